The maximum atomic E-state index is 9.98. The van der Waals surface area contributed by atoms with Gasteiger partial charge < -0.3 is 30.4 Å². The number of nitrogens with two attached hydrogens (primary N) is 1. The molecule has 3 rings (SSSR count). The van der Waals surface area contributed by atoms with Gasteiger partial charge in [0.25, 0.3) is 0 Å². The highest BCUT2D eigenvalue weighted by Gasteiger charge is 2.43. The summed E-state index contributed by atoms with van der Waals surface area (Å²) >= 11 is 0. The molecule has 0 radical (unpaired) electrons. The van der Waals surface area contributed by atoms with Gasteiger partial charge in [0.2, 0.25) is 0 Å². The number of hydrogen-bond acceptors (Lipinski definition) is 7. The van der Waals surface area contributed by atoms with Crippen LogP contribution in [0.25, 0.3) is 11.0 Å². The van der Waals surface area contributed by atoms with Crippen LogP contribution >= 0.6 is 0 Å². The van der Waals surface area contributed by atoms with Crippen molar-refractivity contribution < 1.29 is 20.1 Å². The smallest absolute Gasteiger partial charge is 0.164 e. The first-order valence-corrected chi connectivity index (χ1v) is 5.83. The van der Waals surface area contributed by atoms with E-state index in [9.17, 15) is 10.2 Å². The molecule has 8 nitrogen and oxygen atoms in total. The second-order valence-electron chi connectivity index (χ2n) is 4.44. The van der Waals surface area contributed by atoms with Crippen LogP contribution in [0.3, 0.4) is 0 Å². The second-order valence-corrected chi connectivity index (χ2v) is 4.44. The molecule has 3 heterocycles. The van der Waals surface area contributed by atoms with Gasteiger partial charge >= 0.3 is 0 Å². The van der Waals surface area contributed by atoms with E-state index in [0.29, 0.717) is 11.0 Å². The molecule has 0 aliphatic carbocycles. The van der Waals surface area contributed by atoms with Crippen LogP contribution in [0.15, 0.2) is 18.6 Å². The van der Waals surface area contributed by atoms with Gasteiger partial charge in [-0.05, 0) is 6.07 Å². The van der Waals surface area contributed by atoms with E-state index in [-0.39, 0.29) is 12.4 Å². The Kier molecular flexibility index (Phi) is 2.86. The summed E-state index contributed by atoms with van der Waals surface area (Å²) in [5.74, 6) is 0.281. The van der Waals surface area contributed by atoms with E-state index >= 15 is 0 Å². The number of fused-ring (bicyclic) bond motifs is 1. The average molecular weight is 266 g/mol. The topological polar surface area (TPSA) is 127 Å². The highest BCUT2D eigenvalue weighted by atomic mass is 16.6. The number of nitrogens with zero attached hydrogens (tertiary/aromatic N) is 3. The van der Waals surface area contributed by atoms with E-state index in [1.807, 2.05) is 0 Å². The number of pyridine rings is 1. The lowest BCUT2D eigenvalue weighted by Gasteiger charge is -2.16. The summed E-state index contributed by atoms with van der Waals surface area (Å²) in [6, 6.07) is 1.69. The minimum Gasteiger partial charge on any atom is -0.394 e. The Balaban J connectivity index is 2.04. The van der Waals surface area contributed by atoms with Crippen LogP contribution in [0.1, 0.15) is 6.23 Å². The molecule has 0 saturated carbocycles. The largest absolute Gasteiger partial charge is 0.394 e. The van der Waals surface area contributed by atoms with Crippen LogP contribution in [0.5, 0.6) is 0 Å². The van der Waals surface area contributed by atoms with Crippen LogP contribution < -0.4 is 5.73 Å². The van der Waals surface area contributed by atoms with Crippen molar-refractivity contribution in [3.63, 3.8) is 0 Å². The van der Waals surface area contributed by atoms with Crippen LogP contribution in [0.2, 0.25) is 0 Å². The predicted molar refractivity (Wildman–Crippen MR) is 64.9 cm³/mol. The number of nitrogen functional groups attached to an aromatic ring is 1. The SMILES string of the molecule is Nc1nccc2c1ncn2[C@@H]1O[C@H](CO)C(O)C1O. The molecule has 1 aliphatic heterocycles. The number of aromatic nitrogens is 3. The van der Waals surface area contributed by atoms with Gasteiger partial charge in [0.05, 0.1) is 18.5 Å². The third-order valence-electron chi connectivity index (χ3n) is 3.31. The summed E-state index contributed by atoms with van der Waals surface area (Å²) in [5.41, 5.74) is 6.85. The molecule has 1 aliphatic rings. The van der Waals surface area contributed by atoms with E-state index in [0.717, 1.165) is 0 Å². The molecule has 8 heteroatoms. The third kappa shape index (κ3) is 1.77. The van der Waals surface area contributed by atoms with Crippen molar-refractivity contribution in [1.82, 2.24) is 14.5 Å². The zero-order valence-corrected chi connectivity index (χ0v) is 9.92. The maximum Gasteiger partial charge on any atom is 0.164 e. The minimum absolute atomic E-state index is 0.281. The number of anilines is 1. The molecule has 2 aromatic rings. The molecule has 102 valence electrons. The van der Waals surface area contributed by atoms with Gasteiger partial charge in [-0.15, -0.1) is 0 Å². The van der Waals surface area contributed by atoms with E-state index in [1.54, 1.807) is 10.6 Å². The number of imidazole rings is 1. The Morgan fingerprint density at radius 2 is 2.11 bits per heavy atom. The van der Waals surface area contributed by atoms with Gasteiger partial charge in [0, 0.05) is 6.20 Å². The monoisotopic (exact) mass is 266 g/mol. The average Bonchev–Trinajstić information content (AvgIpc) is 2.94. The Morgan fingerprint density at radius 3 is 2.79 bits per heavy atom. The molecule has 5 N–H and O–H groups in total. The molecule has 4 atom stereocenters. The summed E-state index contributed by atoms with van der Waals surface area (Å²) in [4.78, 5) is 8.03. The normalized spacial score (nSPS) is 31.1. The molecule has 2 unspecified atom stereocenters. The number of aliphatic hydroxyl groups excluding tert-OH is 3. The van der Waals surface area contributed by atoms with Crippen molar-refractivity contribution in [3.05, 3.63) is 18.6 Å². The van der Waals surface area contributed by atoms with Crippen molar-refractivity contribution in [2.75, 3.05) is 12.3 Å². The Bertz CT molecular complexity index is 601. The summed E-state index contributed by atoms with van der Waals surface area (Å²) in [6.07, 6.45) is -0.952. The Labute approximate surface area is 108 Å². The van der Waals surface area contributed by atoms with Gasteiger partial charge in [-0.3, -0.25) is 0 Å². The van der Waals surface area contributed by atoms with Crippen LogP contribution in [0.4, 0.5) is 5.82 Å². The molecular weight excluding hydrogens is 252 g/mol. The summed E-state index contributed by atoms with van der Waals surface area (Å²) in [5, 5.41) is 28.8. The summed E-state index contributed by atoms with van der Waals surface area (Å²) in [7, 11) is 0. The molecule has 2 aromatic heterocycles. The van der Waals surface area contributed by atoms with Crippen molar-refractivity contribution in [3.8, 4) is 0 Å². The molecule has 0 aromatic carbocycles. The number of aliphatic hydroxyl groups is 3. The fourth-order valence-corrected chi connectivity index (χ4v) is 2.29. The first kappa shape index (κ1) is 12.3. The fraction of sp³-hybridized carbons (Fsp3) is 0.455. The van der Waals surface area contributed by atoms with E-state index in [1.165, 1.54) is 12.5 Å². The minimum atomic E-state index is -1.15. The number of ether oxygens (including phenoxy) is 1. The zero-order valence-electron chi connectivity index (χ0n) is 9.92. The second kappa shape index (κ2) is 4.42. The van der Waals surface area contributed by atoms with Gasteiger partial charge in [-0.25, -0.2) is 9.97 Å². The first-order chi connectivity index (χ1) is 9.13. The molecular formula is C11H14N4O4. The first-order valence-electron chi connectivity index (χ1n) is 5.83. The molecule has 0 bridgehead atoms. The highest BCUT2D eigenvalue weighted by Crippen LogP contribution is 2.32. The molecule has 1 saturated heterocycles. The van der Waals surface area contributed by atoms with Crippen LogP contribution in [-0.2, 0) is 4.74 Å². The quantitative estimate of drug-likeness (QED) is 0.528. The van der Waals surface area contributed by atoms with E-state index in [4.69, 9.17) is 15.6 Å². The number of rotatable bonds is 2. The summed E-state index contributed by atoms with van der Waals surface area (Å²) < 4.78 is 7.01. The Morgan fingerprint density at radius 1 is 1.32 bits per heavy atom. The lowest BCUT2D eigenvalue weighted by Crippen LogP contribution is -2.33. The van der Waals surface area contributed by atoms with Gasteiger partial charge in [-0.1, -0.05) is 0 Å². The van der Waals surface area contributed by atoms with Gasteiger partial charge in [-0.2, -0.15) is 0 Å². The lowest BCUT2D eigenvalue weighted by molar-refractivity contribution is -0.0508. The van der Waals surface area contributed by atoms with Crippen molar-refractivity contribution in [1.29, 1.82) is 0 Å². The molecule has 0 amide bonds. The maximum absolute atomic E-state index is 9.98. The van der Waals surface area contributed by atoms with Crippen LogP contribution in [0, 0.1) is 0 Å². The van der Waals surface area contributed by atoms with E-state index in [2.05, 4.69) is 9.97 Å². The van der Waals surface area contributed by atoms with E-state index < -0.39 is 24.5 Å². The fourth-order valence-electron chi connectivity index (χ4n) is 2.29. The number of hydrogen-bond donors (Lipinski definition) is 4. The van der Waals surface area contributed by atoms with Crippen molar-refractivity contribution in [2.24, 2.45) is 0 Å². The van der Waals surface area contributed by atoms with Crippen molar-refractivity contribution in [2.45, 2.75) is 24.5 Å². The lowest BCUT2D eigenvalue weighted by atomic mass is 10.1. The molecule has 19 heavy (non-hydrogen) atoms. The van der Waals surface area contributed by atoms with Gasteiger partial charge in [0.1, 0.15) is 23.8 Å². The standard InChI is InChI=1S/C11H14N4O4/c12-10-7-5(1-2-13-10)15(4-14-7)11-9(18)8(17)6(3-16)19-11/h1-2,4,6,8-9,11,16-18H,3H2,(H2,12,13)/t6-,8?,9?,11-/m1/s1. The predicted octanol–water partition coefficient (Wildman–Crippen LogP) is -1.38. The van der Waals surface area contributed by atoms with Crippen molar-refractivity contribution >= 4 is 16.9 Å². The highest BCUT2D eigenvalue weighted by molar-refractivity contribution is 5.84. The van der Waals surface area contributed by atoms with Crippen LogP contribution in [-0.4, -0.2) is 54.8 Å². The molecule has 1 fully saturated rings. The van der Waals surface area contributed by atoms with Gasteiger partial charge in [0.15, 0.2) is 12.0 Å². The molecule has 0 spiro atoms. The Hall–Kier alpha value is -1.74. The summed E-state index contributed by atoms with van der Waals surface area (Å²) in [6.45, 7) is -0.370. The zero-order chi connectivity index (χ0) is 13.6. The third-order valence-corrected chi connectivity index (χ3v) is 3.31.